The summed E-state index contributed by atoms with van der Waals surface area (Å²) >= 11 is 0. The Bertz CT molecular complexity index is 890. The minimum atomic E-state index is -1.83. The van der Waals surface area contributed by atoms with Gasteiger partial charge in [0, 0.05) is 24.7 Å². The van der Waals surface area contributed by atoms with Gasteiger partial charge in [0.25, 0.3) is 5.56 Å². The van der Waals surface area contributed by atoms with Crippen LogP contribution in [0.3, 0.4) is 0 Å². The summed E-state index contributed by atoms with van der Waals surface area (Å²) in [6, 6.07) is 2.86. The highest BCUT2D eigenvalue weighted by atomic mass is 16.6. The number of hydrogen-bond donors (Lipinski definition) is 3. The van der Waals surface area contributed by atoms with E-state index in [-0.39, 0.29) is 18.5 Å². The van der Waals surface area contributed by atoms with Crippen molar-refractivity contribution < 1.29 is 29.3 Å². The van der Waals surface area contributed by atoms with Crippen LogP contribution >= 0.6 is 0 Å². The molecule has 0 radical (unpaired) electrons. The van der Waals surface area contributed by atoms with Gasteiger partial charge >= 0.3 is 17.8 Å². The van der Waals surface area contributed by atoms with Crippen molar-refractivity contribution in [2.75, 3.05) is 6.61 Å². The average Bonchev–Trinajstić information content (AvgIpc) is 3.08. The van der Waals surface area contributed by atoms with Crippen LogP contribution in [0.5, 0.6) is 0 Å². The van der Waals surface area contributed by atoms with Gasteiger partial charge in [0.15, 0.2) is 0 Å². The number of H-pyrrole nitrogens is 1. The first-order valence-corrected chi connectivity index (χ1v) is 7.69. The van der Waals surface area contributed by atoms with E-state index < -0.39 is 29.6 Å². The number of carbonyl (C=O) groups is 2. The predicted octanol–water partition coefficient (Wildman–Crippen LogP) is 0.0836. The molecule has 0 aliphatic carbocycles. The fraction of sp³-hybridized carbons (Fsp3) is 0.333. The Morgan fingerprint density at radius 2 is 1.93 bits per heavy atom. The number of aromatic nitrogens is 4. The first-order chi connectivity index (χ1) is 12.9. The van der Waals surface area contributed by atoms with Gasteiger partial charge in [-0.05, 0) is 18.9 Å². The van der Waals surface area contributed by atoms with Crippen molar-refractivity contribution in [2.45, 2.75) is 25.2 Å². The maximum Gasteiger partial charge on any atom is 0.503 e. The zero-order chi connectivity index (χ0) is 19.8. The standard InChI is InChI=1S/C14H14N4O5.CH2O3/c19-10-4-7-18(14(21)17-10)11-3-2-9(23-11)8-22-13(20)12-15-5-1-6-16-12;2-1(3)4/h1,4-7,9,11H,2-3,8H2,(H,17,19,21);(H2,2,3,4). The minimum absolute atomic E-state index is 0.0149. The highest BCUT2D eigenvalue weighted by Gasteiger charge is 2.28. The lowest BCUT2D eigenvalue weighted by atomic mass is 10.2. The van der Waals surface area contributed by atoms with Crippen LogP contribution in [0.25, 0.3) is 0 Å². The Balaban J connectivity index is 0.000000596. The molecule has 3 N–H and O–H groups in total. The molecule has 1 fully saturated rings. The van der Waals surface area contributed by atoms with Gasteiger partial charge in [-0.1, -0.05) is 0 Å². The minimum Gasteiger partial charge on any atom is -0.457 e. The Morgan fingerprint density at radius 3 is 2.56 bits per heavy atom. The summed E-state index contributed by atoms with van der Waals surface area (Å²) in [7, 11) is 0. The number of carbonyl (C=O) groups excluding carboxylic acids is 1. The van der Waals surface area contributed by atoms with Crippen LogP contribution in [0.15, 0.2) is 40.3 Å². The third-order valence-corrected chi connectivity index (χ3v) is 3.40. The number of nitrogens with zero attached hydrogens (tertiary/aromatic N) is 3. The lowest BCUT2D eigenvalue weighted by molar-refractivity contribution is -0.0343. The summed E-state index contributed by atoms with van der Waals surface area (Å²) < 4.78 is 12.1. The largest absolute Gasteiger partial charge is 0.503 e. The molecule has 0 amide bonds. The van der Waals surface area contributed by atoms with E-state index >= 15 is 0 Å². The SMILES string of the molecule is O=C(O)O.O=C(OCC1CCC(n2ccc(=O)[nH]c2=O)O1)c1ncccn1. The van der Waals surface area contributed by atoms with Crippen LogP contribution in [0.1, 0.15) is 29.7 Å². The smallest absolute Gasteiger partial charge is 0.457 e. The van der Waals surface area contributed by atoms with Crippen LogP contribution in [-0.4, -0.2) is 54.6 Å². The topological polar surface area (TPSA) is 174 Å². The van der Waals surface area contributed by atoms with Gasteiger partial charge in [0.2, 0.25) is 5.82 Å². The quantitative estimate of drug-likeness (QED) is 0.616. The number of carboxylic acid groups (broad SMARTS) is 2. The van der Waals surface area contributed by atoms with Crippen LogP contribution < -0.4 is 11.2 Å². The maximum atomic E-state index is 11.7. The zero-order valence-electron chi connectivity index (χ0n) is 13.8. The number of esters is 1. The second-order valence-corrected chi connectivity index (χ2v) is 5.26. The third kappa shape index (κ3) is 6.04. The summed E-state index contributed by atoms with van der Waals surface area (Å²) in [5.74, 6) is -0.641. The molecular formula is C15H16N4O8. The van der Waals surface area contributed by atoms with Gasteiger partial charge < -0.3 is 19.7 Å². The molecule has 27 heavy (non-hydrogen) atoms. The van der Waals surface area contributed by atoms with Gasteiger partial charge in [-0.15, -0.1) is 0 Å². The van der Waals surface area contributed by atoms with E-state index in [0.717, 1.165) is 0 Å². The summed E-state index contributed by atoms with van der Waals surface area (Å²) in [5.41, 5.74) is -0.990. The summed E-state index contributed by atoms with van der Waals surface area (Å²) in [5, 5.41) is 13.9. The van der Waals surface area contributed by atoms with E-state index in [1.807, 2.05) is 0 Å². The lowest BCUT2D eigenvalue weighted by Crippen LogP contribution is -2.32. The molecule has 144 valence electrons. The predicted molar refractivity (Wildman–Crippen MR) is 87.4 cm³/mol. The van der Waals surface area contributed by atoms with E-state index in [0.29, 0.717) is 12.8 Å². The van der Waals surface area contributed by atoms with Crippen molar-refractivity contribution in [1.82, 2.24) is 19.5 Å². The molecule has 2 aromatic heterocycles. The molecule has 0 bridgehead atoms. The van der Waals surface area contributed by atoms with Gasteiger partial charge in [0.05, 0.1) is 6.10 Å². The fourth-order valence-corrected chi connectivity index (χ4v) is 2.31. The molecule has 1 saturated heterocycles. The first kappa shape index (κ1) is 19.8. The van der Waals surface area contributed by atoms with Crippen LogP contribution in [0.4, 0.5) is 4.79 Å². The molecule has 0 aromatic carbocycles. The van der Waals surface area contributed by atoms with Crippen LogP contribution in [-0.2, 0) is 9.47 Å². The molecule has 1 aliphatic heterocycles. The lowest BCUT2D eigenvalue weighted by Gasteiger charge is -2.15. The number of ether oxygens (including phenoxy) is 2. The molecule has 0 saturated carbocycles. The maximum absolute atomic E-state index is 11.7. The molecule has 0 spiro atoms. The first-order valence-electron chi connectivity index (χ1n) is 7.69. The normalized spacial score (nSPS) is 18.2. The van der Waals surface area contributed by atoms with Crippen molar-refractivity contribution in [2.24, 2.45) is 0 Å². The summed E-state index contributed by atoms with van der Waals surface area (Å²) in [6.07, 6.45) is 2.85. The van der Waals surface area contributed by atoms with Gasteiger partial charge in [-0.2, -0.15) is 0 Å². The van der Waals surface area contributed by atoms with Gasteiger partial charge in [-0.3, -0.25) is 14.3 Å². The van der Waals surface area contributed by atoms with Crippen molar-refractivity contribution >= 4 is 12.1 Å². The molecule has 1 aliphatic rings. The second-order valence-electron chi connectivity index (χ2n) is 5.26. The molecule has 2 unspecified atom stereocenters. The monoisotopic (exact) mass is 380 g/mol. The Morgan fingerprint density at radius 1 is 1.26 bits per heavy atom. The molecule has 2 aromatic rings. The third-order valence-electron chi connectivity index (χ3n) is 3.40. The van der Waals surface area contributed by atoms with Crippen molar-refractivity contribution in [3.63, 3.8) is 0 Å². The van der Waals surface area contributed by atoms with Gasteiger partial charge in [0.1, 0.15) is 12.8 Å². The van der Waals surface area contributed by atoms with Crippen LogP contribution in [0.2, 0.25) is 0 Å². The number of rotatable bonds is 4. The van der Waals surface area contributed by atoms with Crippen LogP contribution in [0, 0.1) is 0 Å². The van der Waals surface area contributed by atoms with Crippen molar-refractivity contribution in [3.05, 3.63) is 57.4 Å². The van der Waals surface area contributed by atoms with Gasteiger partial charge in [-0.25, -0.2) is 24.4 Å². The Hall–Kier alpha value is -3.54. The Kier molecular flexibility index (Phi) is 6.77. The Labute approximate surface area is 151 Å². The molecule has 12 heteroatoms. The average molecular weight is 380 g/mol. The highest BCUT2D eigenvalue weighted by molar-refractivity contribution is 5.84. The number of aromatic amines is 1. The molecule has 2 atom stereocenters. The fourth-order valence-electron chi connectivity index (χ4n) is 2.31. The molecule has 3 rings (SSSR count). The molecular weight excluding hydrogens is 364 g/mol. The van der Waals surface area contributed by atoms with Crippen molar-refractivity contribution in [3.8, 4) is 0 Å². The van der Waals surface area contributed by atoms with Crippen molar-refractivity contribution in [1.29, 1.82) is 0 Å². The van der Waals surface area contributed by atoms with E-state index in [1.165, 1.54) is 29.2 Å². The summed E-state index contributed by atoms with van der Waals surface area (Å²) in [4.78, 5) is 52.8. The number of nitrogens with one attached hydrogen (secondary N) is 1. The van der Waals surface area contributed by atoms with E-state index in [1.54, 1.807) is 6.07 Å². The molecule has 12 nitrogen and oxygen atoms in total. The molecule has 3 heterocycles. The second kappa shape index (κ2) is 9.24. The number of hydrogen-bond acceptors (Lipinski definition) is 8. The van der Waals surface area contributed by atoms with E-state index in [9.17, 15) is 14.4 Å². The summed E-state index contributed by atoms with van der Waals surface area (Å²) in [6.45, 7) is 0.0473. The van der Waals surface area contributed by atoms with E-state index in [2.05, 4.69) is 15.0 Å². The highest BCUT2D eigenvalue weighted by Crippen LogP contribution is 2.26. The zero-order valence-corrected chi connectivity index (χ0v) is 13.8. The van der Waals surface area contributed by atoms with E-state index in [4.69, 9.17) is 24.5 Å².